The van der Waals surface area contributed by atoms with Gasteiger partial charge in [0.05, 0.1) is 5.71 Å². The van der Waals surface area contributed by atoms with Gasteiger partial charge in [0.1, 0.15) is 0 Å². The SMILES string of the molecule is CC1=C(C)C(=NO)C(C)(C)CC1. The van der Waals surface area contributed by atoms with Crippen LogP contribution in [0.1, 0.15) is 40.5 Å². The molecule has 1 aliphatic rings. The lowest BCUT2D eigenvalue weighted by Crippen LogP contribution is -2.29. The third-order valence-electron chi connectivity index (χ3n) is 2.86. The molecule has 0 saturated heterocycles. The van der Waals surface area contributed by atoms with Crippen LogP contribution in [0.15, 0.2) is 16.3 Å². The van der Waals surface area contributed by atoms with Gasteiger partial charge in [-0.3, -0.25) is 0 Å². The van der Waals surface area contributed by atoms with Gasteiger partial charge in [0.2, 0.25) is 0 Å². The highest BCUT2D eigenvalue weighted by molar-refractivity contribution is 6.04. The maximum absolute atomic E-state index is 8.87. The topological polar surface area (TPSA) is 32.6 Å². The first-order valence-corrected chi connectivity index (χ1v) is 4.38. The summed E-state index contributed by atoms with van der Waals surface area (Å²) >= 11 is 0. The highest BCUT2D eigenvalue weighted by Crippen LogP contribution is 2.35. The molecule has 0 heterocycles. The van der Waals surface area contributed by atoms with Crippen LogP contribution in [-0.4, -0.2) is 10.9 Å². The van der Waals surface area contributed by atoms with Gasteiger partial charge in [0, 0.05) is 5.41 Å². The Labute approximate surface area is 74.0 Å². The van der Waals surface area contributed by atoms with E-state index in [1.165, 1.54) is 5.57 Å². The minimum absolute atomic E-state index is 0.0400. The first-order valence-electron chi connectivity index (χ1n) is 4.38. The summed E-state index contributed by atoms with van der Waals surface area (Å²) in [5.41, 5.74) is 3.40. The fourth-order valence-corrected chi connectivity index (χ4v) is 1.73. The van der Waals surface area contributed by atoms with Crippen molar-refractivity contribution in [2.75, 3.05) is 0 Å². The maximum atomic E-state index is 8.87. The van der Waals surface area contributed by atoms with Crippen molar-refractivity contribution in [1.29, 1.82) is 0 Å². The summed E-state index contributed by atoms with van der Waals surface area (Å²) in [6, 6.07) is 0. The van der Waals surface area contributed by atoms with Gasteiger partial charge in [-0.25, -0.2) is 0 Å². The Hall–Kier alpha value is -0.790. The lowest BCUT2D eigenvalue weighted by Gasteiger charge is -2.31. The second-order valence-corrected chi connectivity index (χ2v) is 4.24. The lowest BCUT2D eigenvalue weighted by atomic mass is 9.73. The van der Waals surface area contributed by atoms with E-state index in [2.05, 4.69) is 25.9 Å². The summed E-state index contributed by atoms with van der Waals surface area (Å²) in [5, 5.41) is 12.3. The minimum Gasteiger partial charge on any atom is -0.411 e. The molecule has 0 unspecified atom stereocenters. The van der Waals surface area contributed by atoms with Crippen molar-refractivity contribution in [2.24, 2.45) is 10.6 Å². The lowest BCUT2D eigenvalue weighted by molar-refractivity contribution is 0.305. The quantitative estimate of drug-likeness (QED) is 0.436. The summed E-state index contributed by atoms with van der Waals surface area (Å²) < 4.78 is 0. The summed E-state index contributed by atoms with van der Waals surface area (Å²) in [6.45, 7) is 8.39. The van der Waals surface area contributed by atoms with E-state index in [4.69, 9.17) is 5.21 Å². The van der Waals surface area contributed by atoms with Crippen molar-refractivity contribution in [3.05, 3.63) is 11.1 Å². The summed E-state index contributed by atoms with van der Waals surface area (Å²) in [7, 11) is 0. The second kappa shape index (κ2) is 2.92. The van der Waals surface area contributed by atoms with Crippen LogP contribution in [0.5, 0.6) is 0 Å². The highest BCUT2D eigenvalue weighted by atomic mass is 16.4. The molecule has 1 aliphatic carbocycles. The van der Waals surface area contributed by atoms with E-state index in [-0.39, 0.29) is 5.41 Å². The molecule has 1 N–H and O–H groups in total. The van der Waals surface area contributed by atoms with Gasteiger partial charge < -0.3 is 5.21 Å². The predicted molar refractivity (Wildman–Crippen MR) is 50.6 cm³/mol. The van der Waals surface area contributed by atoms with Gasteiger partial charge in [-0.05, 0) is 32.3 Å². The molecular formula is C10H17NO. The maximum Gasteiger partial charge on any atom is 0.0880 e. The standard InChI is InChI=1S/C10H17NO/c1-7-5-6-10(3,4)9(11-12)8(7)2/h12H,5-6H2,1-4H3. The van der Waals surface area contributed by atoms with Gasteiger partial charge in [0.15, 0.2) is 0 Å². The van der Waals surface area contributed by atoms with Crippen molar-refractivity contribution in [3.63, 3.8) is 0 Å². The van der Waals surface area contributed by atoms with Crippen molar-refractivity contribution in [3.8, 4) is 0 Å². The molecule has 1 rings (SSSR count). The highest BCUT2D eigenvalue weighted by Gasteiger charge is 2.31. The van der Waals surface area contributed by atoms with E-state index in [1.807, 2.05) is 6.92 Å². The van der Waals surface area contributed by atoms with E-state index < -0.39 is 0 Å². The monoisotopic (exact) mass is 167 g/mol. The van der Waals surface area contributed by atoms with E-state index in [1.54, 1.807) is 0 Å². The Bertz CT molecular complexity index is 249. The number of rotatable bonds is 0. The van der Waals surface area contributed by atoms with Gasteiger partial charge >= 0.3 is 0 Å². The van der Waals surface area contributed by atoms with Crippen LogP contribution in [0.2, 0.25) is 0 Å². The summed E-state index contributed by atoms with van der Waals surface area (Å²) in [5.74, 6) is 0. The van der Waals surface area contributed by atoms with Crippen LogP contribution in [0.25, 0.3) is 0 Å². The van der Waals surface area contributed by atoms with Gasteiger partial charge in [-0.1, -0.05) is 24.6 Å². The fraction of sp³-hybridized carbons (Fsp3) is 0.700. The summed E-state index contributed by atoms with van der Waals surface area (Å²) in [4.78, 5) is 0. The summed E-state index contributed by atoms with van der Waals surface area (Å²) in [6.07, 6.45) is 2.20. The van der Waals surface area contributed by atoms with Gasteiger partial charge in [0.25, 0.3) is 0 Å². The Morgan fingerprint density at radius 1 is 1.33 bits per heavy atom. The van der Waals surface area contributed by atoms with E-state index in [0.717, 1.165) is 24.1 Å². The molecule has 0 radical (unpaired) electrons. The molecule has 0 atom stereocenters. The molecule has 0 aromatic carbocycles. The number of nitrogens with zero attached hydrogens (tertiary/aromatic N) is 1. The number of oxime groups is 1. The molecule has 0 saturated carbocycles. The Morgan fingerprint density at radius 2 is 1.92 bits per heavy atom. The van der Waals surface area contributed by atoms with Gasteiger partial charge in [-0.15, -0.1) is 0 Å². The largest absolute Gasteiger partial charge is 0.411 e. The minimum atomic E-state index is 0.0400. The second-order valence-electron chi connectivity index (χ2n) is 4.24. The zero-order chi connectivity index (χ0) is 9.35. The molecule has 0 bridgehead atoms. The molecule has 2 heteroatoms. The molecule has 68 valence electrons. The van der Waals surface area contributed by atoms with Crippen molar-refractivity contribution < 1.29 is 5.21 Å². The van der Waals surface area contributed by atoms with Crippen molar-refractivity contribution in [2.45, 2.75) is 40.5 Å². The van der Waals surface area contributed by atoms with E-state index in [0.29, 0.717) is 0 Å². The number of hydrogen-bond acceptors (Lipinski definition) is 2. The molecule has 0 aliphatic heterocycles. The third-order valence-corrected chi connectivity index (χ3v) is 2.86. The first-order chi connectivity index (χ1) is 5.49. The van der Waals surface area contributed by atoms with E-state index >= 15 is 0 Å². The fourth-order valence-electron chi connectivity index (χ4n) is 1.73. The van der Waals surface area contributed by atoms with E-state index in [9.17, 15) is 0 Å². The third kappa shape index (κ3) is 1.38. The zero-order valence-electron chi connectivity index (χ0n) is 8.31. The number of allylic oxidation sites excluding steroid dienone is 2. The zero-order valence-corrected chi connectivity index (χ0v) is 8.31. The molecular weight excluding hydrogens is 150 g/mol. The molecule has 2 nitrogen and oxygen atoms in total. The molecule has 0 amide bonds. The van der Waals surface area contributed by atoms with Gasteiger partial charge in [-0.2, -0.15) is 0 Å². The normalized spacial score (nSPS) is 26.5. The average Bonchev–Trinajstić information content (AvgIpc) is 1.99. The van der Waals surface area contributed by atoms with Crippen LogP contribution in [0.3, 0.4) is 0 Å². The predicted octanol–water partition coefficient (Wildman–Crippen LogP) is 2.97. The van der Waals surface area contributed by atoms with Crippen LogP contribution >= 0.6 is 0 Å². The molecule has 0 aromatic heterocycles. The number of hydrogen-bond donors (Lipinski definition) is 1. The van der Waals surface area contributed by atoms with Crippen LogP contribution in [0.4, 0.5) is 0 Å². The van der Waals surface area contributed by atoms with Crippen LogP contribution < -0.4 is 0 Å². The molecule has 0 aromatic rings. The Kier molecular flexibility index (Phi) is 2.27. The molecule has 0 fully saturated rings. The smallest absolute Gasteiger partial charge is 0.0880 e. The van der Waals surface area contributed by atoms with Crippen LogP contribution in [0, 0.1) is 5.41 Å². The van der Waals surface area contributed by atoms with Crippen LogP contribution in [-0.2, 0) is 0 Å². The Morgan fingerprint density at radius 3 is 2.33 bits per heavy atom. The molecule has 12 heavy (non-hydrogen) atoms. The average molecular weight is 167 g/mol. The molecule has 0 spiro atoms. The first kappa shape index (κ1) is 9.30. The Balaban J connectivity index is 3.11. The van der Waals surface area contributed by atoms with Crippen molar-refractivity contribution in [1.82, 2.24) is 0 Å². The van der Waals surface area contributed by atoms with Crippen molar-refractivity contribution >= 4 is 5.71 Å².